The summed E-state index contributed by atoms with van der Waals surface area (Å²) in [7, 11) is 1.83. The predicted molar refractivity (Wildman–Crippen MR) is 86.9 cm³/mol. The zero-order valence-electron chi connectivity index (χ0n) is 12.9. The smallest absolute Gasteiger partial charge is 0.118 e. The van der Waals surface area contributed by atoms with E-state index in [0.29, 0.717) is 19.4 Å². The minimum Gasteiger partial charge on any atom is -0.393 e. The molecular formula is C17H24FN3O. The minimum atomic E-state index is -0.993. The highest BCUT2D eigenvalue weighted by atomic mass is 19.1. The summed E-state index contributed by atoms with van der Waals surface area (Å²) in [6, 6.07) is 1.50. The fourth-order valence-electron chi connectivity index (χ4n) is 2.78. The molecule has 1 fully saturated rings. The molecule has 4 nitrogen and oxygen atoms in total. The van der Waals surface area contributed by atoms with Gasteiger partial charge in [-0.2, -0.15) is 0 Å². The Balaban J connectivity index is 2.04. The Kier molecular flexibility index (Phi) is 6.10. The summed E-state index contributed by atoms with van der Waals surface area (Å²) in [4.78, 5) is 4.22. The third kappa shape index (κ3) is 4.15. The summed E-state index contributed by atoms with van der Waals surface area (Å²) in [6.07, 6.45) is 7.42. The molecule has 1 aliphatic carbocycles. The first kappa shape index (κ1) is 16.6. The van der Waals surface area contributed by atoms with E-state index in [1.165, 1.54) is 0 Å². The number of rotatable bonds is 6. The summed E-state index contributed by atoms with van der Waals surface area (Å²) in [6.45, 7) is 4.27. The summed E-state index contributed by atoms with van der Waals surface area (Å²) >= 11 is 0. The molecule has 0 amide bonds. The van der Waals surface area contributed by atoms with Gasteiger partial charge in [-0.15, -0.1) is 0 Å². The molecular weight excluding hydrogens is 281 g/mol. The van der Waals surface area contributed by atoms with Gasteiger partial charge >= 0.3 is 0 Å². The highest BCUT2D eigenvalue weighted by molar-refractivity contribution is 5.72. The number of aromatic nitrogens is 1. The number of alkyl halides is 1. The lowest BCUT2D eigenvalue weighted by atomic mass is 9.91. The largest absolute Gasteiger partial charge is 0.393 e. The second-order valence-corrected chi connectivity index (χ2v) is 5.60. The molecule has 22 heavy (non-hydrogen) atoms. The van der Waals surface area contributed by atoms with Crippen molar-refractivity contribution in [1.82, 2.24) is 15.6 Å². The van der Waals surface area contributed by atoms with Crippen molar-refractivity contribution in [1.29, 1.82) is 0 Å². The third-order valence-electron chi connectivity index (χ3n) is 3.97. The van der Waals surface area contributed by atoms with Gasteiger partial charge in [0.1, 0.15) is 6.17 Å². The summed E-state index contributed by atoms with van der Waals surface area (Å²) in [5, 5.41) is 16.0. The van der Waals surface area contributed by atoms with Crippen molar-refractivity contribution in [2.24, 2.45) is 0 Å². The topological polar surface area (TPSA) is 57.2 Å². The molecule has 0 spiro atoms. The average molecular weight is 305 g/mol. The molecule has 120 valence electrons. The Morgan fingerprint density at radius 2 is 2.32 bits per heavy atom. The number of hydrogen-bond acceptors (Lipinski definition) is 4. The zero-order chi connectivity index (χ0) is 15.9. The van der Waals surface area contributed by atoms with Crippen molar-refractivity contribution in [2.75, 3.05) is 7.05 Å². The number of halogens is 1. The maximum Gasteiger partial charge on any atom is 0.118 e. The lowest BCUT2D eigenvalue weighted by Gasteiger charge is -2.31. The Morgan fingerprint density at radius 3 is 3.00 bits per heavy atom. The Labute approximate surface area is 131 Å². The maximum absolute atomic E-state index is 13.9. The fraction of sp³-hybridized carbons (Fsp3) is 0.471. The third-order valence-corrected chi connectivity index (χ3v) is 3.97. The summed E-state index contributed by atoms with van der Waals surface area (Å²) in [5.41, 5.74) is 2.84. The Bertz CT molecular complexity index is 522. The van der Waals surface area contributed by atoms with Gasteiger partial charge in [-0.3, -0.25) is 4.98 Å². The number of aliphatic hydroxyl groups excluding tert-OH is 1. The second-order valence-electron chi connectivity index (χ2n) is 5.60. The van der Waals surface area contributed by atoms with Crippen LogP contribution in [0.3, 0.4) is 0 Å². The highest BCUT2D eigenvalue weighted by Crippen LogP contribution is 2.22. The van der Waals surface area contributed by atoms with E-state index in [1.807, 2.05) is 19.3 Å². The SMILES string of the molecule is C=C/C(=C\NC)c1cncc(CNC2C(O)CCCC2F)c1. The quantitative estimate of drug-likeness (QED) is 0.705. The monoisotopic (exact) mass is 305 g/mol. The van der Waals surface area contributed by atoms with Crippen molar-refractivity contribution in [2.45, 2.75) is 44.1 Å². The molecule has 2 rings (SSSR count). The van der Waals surface area contributed by atoms with Crippen LogP contribution in [0.15, 0.2) is 37.3 Å². The van der Waals surface area contributed by atoms with Crippen molar-refractivity contribution in [3.63, 3.8) is 0 Å². The molecule has 0 saturated heterocycles. The number of nitrogens with zero attached hydrogens (tertiary/aromatic N) is 1. The number of nitrogens with one attached hydrogen (secondary N) is 2. The number of aliphatic hydroxyl groups is 1. The van der Waals surface area contributed by atoms with Crippen molar-refractivity contribution in [3.05, 3.63) is 48.4 Å². The number of allylic oxidation sites excluding steroid dienone is 2. The van der Waals surface area contributed by atoms with Crippen LogP contribution in [0.1, 0.15) is 30.4 Å². The van der Waals surface area contributed by atoms with E-state index in [9.17, 15) is 9.50 Å². The fourth-order valence-corrected chi connectivity index (χ4v) is 2.78. The van der Waals surface area contributed by atoms with Crippen LogP contribution in [0.5, 0.6) is 0 Å². The molecule has 0 bridgehead atoms. The second kappa shape index (κ2) is 8.06. The lowest BCUT2D eigenvalue weighted by Crippen LogP contribution is -2.48. The van der Waals surface area contributed by atoms with Gasteiger partial charge in [0.15, 0.2) is 0 Å². The van der Waals surface area contributed by atoms with E-state index in [2.05, 4.69) is 22.2 Å². The molecule has 0 aromatic carbocycles. The van der Waals surface area contributed by atoms with E-state index in [1.54, 1.807) is 18.5 Å². The van der Waals surface area contributed by atoms with Crippen LogP contribution in [0.4, 0.5) is 4.39 Å². The normalized spacial score (nSPS) is 25.8. The van der Waals surface area contributed by atoms with Crippen molar-refractivity contribution in [3.8, 4) is 0 Å². The molecule has 0 radical (unpaired) electrons. The van der Waals surface area contributed by atoms with E-state index in [4.69, 9.17) is 0 Å². The summed E-state index contributed by atoms with van der Waals surface area (Å²) < 4.78 is 13.9. The molecule has 1 aromatic heterocycles. The van der Waals surface area contributed by atoms with Gasteiger partial charge in [-0.25, -0.2) is 4.39 Å². The van der Waals surface area contributed by atoms with Crippen LogP contribution >= 0.6 is 0 Å². The van der Waals surface area contributed by atoms with Gasteiger partial charge in [0.05, 0.1) is 12.1 Å². The molecule has 3 N–H and O–H groups in total. The van der Waals surface area contributed by atoms with Crippen LogP contribution in [0.25, 0.3) is 5.57 Å². The van der Waals surface area contributed by atoms with Crippen LogP contribution < -0.4 is 10.6 Å². The molecule has 1 saturated carbocycles. The lowest BCUT2D eigenvalue weighted by molar-refractivity contribution is 0.0405. The van der Waals surface area contributed by atoms with Gasteiger partial charge in [0, 0.05) is 37.7 Å². The van der Waals surface area contributed by atoms with E-state index in [0.717, 1.165) is 23.1 Å². The summed E-state index contributed by atoms with van der Waals surface area (Å²) in [5.74, 6) is 0. The molecule has 1 heterocycles. The maximum atomic E-state index is 13.9. The molecule has 1 aliphatic rings. The van der Waals surface area contributed by atoms with Gasteiger partial charge in [0.25, 0.3) is 0 Å². The first-order valence-electron chi connectivity index (χ1n) is 7.65. The molecule has 0 aliphatic heterocycles. The van der Waals surface area contributed by atoms with E-state index in [-0.39, 0.29) is 0 Å². The standard InChI is InChI=1S/C17H24FN3O/c1-3-13(10-19-2)14-7-12(8-20-11-14)9-21-17-15(18)5-4-6-16(17)22/h3,7-8,10-11,15-17,19,21-22H,1,4-6,9H2,2H3/b13-10+. The van der Waals surface area contributed by atoms with Crippen LogP contribution in [0.2, 0.25) is 0 Å². The number of hydrogen-bond donors (Lipinski definition) is 3. The first-order valence-corrected chi connectivity index (χ1v) is 7.65. The van der Waals surface area contributed by atoms with Crippen LogP contribution in [0, 0.1) is 0 Å². The van der Waals surface area contributed by atoms with Crippen molar-refractivity contribution < 1.29 is 9.50 Å². The van der Waals surface area contributed by atoms with Gasteiger partial charge in [-0.05, 0) is 36.5 Å². The van der Waals surface area contributed by atoms with Gasteiger partial charge in [-0.1, -0.05) is 12.7 Å². The van der Waals surface area contributed by atoms with Crippen LogP contribution in [-0.2, 0) is 6.54 Å². The van der Waals surface area contributed by atoms with Gasteiger partial charge < -0.3 is 15.7 Å². The number of pyridine rings is 1. The van der Waals surface area contributed by atoms with Crippen LogP contribution in [-0.4, -0.2) is 35.5 Å². The zero-order valence-corrected chi connectivity index (χ0v) is 12.9. The predicted octanol–water partition coefficient (Wildman–Crippen LogP) is 2.17. The van der Waals surface area contributed by atoms with Crippen molar-refractivity contribution >= 4 is 5.57 Å². The molecule has 3 unspecified atom stereocenters. The minimum absolute atomic E-state index is 0.479. The molecule has 5 heteroatoms. The first-order chi connectivity index (χ1) is 10.7. The van der Waals surface area contributed by atoms with E-state index < -0.39 is 18.3 Å². The van der Waals surface area contributed by atoms with Gasteiger partial charge in [0.2, 0.25) is 0 Å². The molecule has 1 aromatic rings. The van der Waals surface area contributed by atoms with E-state index >= 15 is 0 Å². The average Bonchev–Trinajstić information content (AvgIpc) is 2.52. The highest BCUT2D eigenvalue weighted by Gasteiger charge is 2.31. The molecule has 3 atom stereocenters. The Morgan fingerprint density at radius 1 is 1.50 bits per heavy atom. The Hall–Kier alpha value is -1.72.